The first-order chi connectivity index (χ1) is 29.8. The maximum Gasteiger partial charge on any atom is 0.0362 e. The highest BCUT2D eigenvalue weighted by Gasteiger charge is 2.21. The molecule has 0 amide bonds. The molecule has 278 valence electrons. The van der Waals surface area contributed by atoms with Crippen LogP contribution in [0.1, 0.15) is 0 Å². The standard InChI is InChI=1S/C58H34S2/c1-2-12-35(13-3-1)36-26-28-39(29-27-36)54-46-20-8-18-42(44-22-10-24-50-57(44)55-40-16-6-4-14-37(40)30-32-52(55)59-50)48(46)34-49-43(19-9-21-47(49)54)45-23-11-25-51-58(45)56-41-17-7-5-15-38(41)31-33-53(56)60-51/h1-34H. The third-order valence-corrected chi connectivity index (χ3v) is 14.9. The molecule has 0 saturated heterocycles. The Hall–Kier alpha value is -7.10. The van der Waals surface area contributed by atoms with E-state index in [1.807, 2.05) is 22.7 Å². The molecule has 2 heteroatoms. The molecule has 60 heavy (non-hydrogen) atoms. The summed E-state index contributed by atoms with van der Waals surface area (Å²) in [6.45, 7) is 0. The second-order valence-corrected chi connectivity index (χ2v) is 18.0. The predicted molar refractivity (Wildman–Crippen MR) is 264 cm³/mol. The quantitative estimate of drug-likeness (QED) is 0.156. The average Bonchev–Trinajstić information content (AvgIpc) is 3.90. The van der Waals surface area contributed by atoms with Crippen molar-refractivity contribution in [3.05, 3.63) is 206 Å². The molecule has 13 aromatic rings. The minimum absolute atomic E-state index is 1.22. The first-order valence-corrected chi connectivity index (χ1v) is 22.2. The van der Waals surface area contributed by atoms with Gasteiger partial charge in [0.2, 0.25) is 0 Å². The molecule has 13 rings (SSSR count). The fourth-order valence-corrected chi connectivity index (χ4v) is 12.3. The molecule has 0 saturated carbocycles. The maximum atomic E-state index is 2.51. The normalized spacial score (nSPS) is 12.0. The Morgan fingerprint density at radius 2 is 0.650 bits per heavy atom. The van der Waals surface area contributed by atoms with Gasteiger partial charge < -0.3 is 0 Å². The Morgan fingerprint density at radius 3 is 1.20 bits per heavy atom. The largest absolute Gasteiger partial charge is 0.135 e. The Bertz CT molecular complexity index is 3650. The summed E-state index contributed by atoms with van der Waals surface area (Å²) >= 11 is 3.79. The van der Waals surface area contributed by atoms with Crippen molar-refractivity contribution in [2.75, 3.05) is 0 Å². The highest BCUT2D eigenvalue weighted by atomic mass is 32.1. The summed E-state index contributed by atoms with van der Waals surface area (Å²) in [4.78, 5) is 0. The Kier molecular flexibility index (Phi) is 7.45. The summed E-state index contributed by atoms with van der Waals surface area (Å²) in [5, 5.41) is 15.6. The number of rotatable bonds is 4. The van der Waals surface area contributed by atoms with Crippen LogP contribution in [0.15, 0.2) is 206 Å². The molecule has 0 nitrogen and oxygen atoms in total. The van der Waals surface area contributed by atoms with Gasteiger partial charge in [-0.3, -0.25) is 0 Å². The molecule has 0 radical (unpaired) electrons. The van der Waals surface area contributed by atoms with Crippen molar-refractivity contribution >= 4 is 106 Å². The first kappa shape index (κ1) is 33.8. The summed E-state index contributed by atoms with van der Waals surface area (Å²) in [5.74, 6) is 0. The molecule has 0 unspecified atom stereocenters. The highest BCUT2D eigenvalue weighted by Crippen LogP contribution is 2.49. The zero-order valence-electron chi connectivity index (χ0n) is 32.4. The van der Waals surface area contributed by atoms with E-state index in [1.54, 1.807) is 0 Å². The number of hydrogen-bond acceptors (Lipinski definition) is 2. The van der Waals surface area contributed by atoms with Crippen LogP contribution < -0.4 is 0 Å². The average molecular weight is 795 g/mol. The van der Waals surface area contributed by atoms with Crippen LogP contribution >= 0.6 is 22.7 Å². The van der Waals surface area contributed by atoms with Gasteiger partial charge in [-0.2, -0.15) is 0 Å². The van der Waals surface area contributed by atoms with E-state index in [2.05, 4.69) is 206 Å². The van der Waals surface area contributed by atoms with Crippen LogP contribution in [0.25, 0.3) is 128 Å². The lowest BCUT2D eigenvalue weighted by atomic mass is 9.85. The molecule has 11 aromatic carbocycles. The maximum absolute atomic E-state index is 2.51. The summed E-state index contributed by atoms with van der Waals surface area (Å²) in [6, 6.07) is 77.0. The van der Waals surface area contributed by atoms with Gasteiger partial charge in [-0.25, -0.2) is 0 Å². The molecule has 0 aliphatic rings. The van der Waals surface area contributed by atoms with Gasteiger partial charge in [0, 0.05) is 40.3 Å². The van der Waals surface area contributed by atoms with Gasteiger partial charge in [0.1, 0.15) is 0 Å². The lowest BCUT2D eigenvalue weighted by Crippen LogP contribution is -1.91. The van der Waals surface area contributed by atoms with Gasteiger partial charge >= 0.3 is 0 Å². The summed E-state index contributed by atoms with van der Waals surface area (Å²) < 4.78 is 5.29. The lowest BCUT2D eigenvalue weighted by Gasteiger charge is -2.18. The topological polar surface area (TPSA) is 0 Å². The van der Waals surface area contributed by atoms with Crippen molar-refractivity contribution in [2.24, 2.45) is 0 Å². The molecule has 0 aliphatic carbocycles. The first-order valence-electron chi connectivity index (χ1n) is 20.6. The molecular weight excluding hydrogens is 761 g/mol. The Labute approximate surface area is 354 Å². The van der Waals surface area contributed by atoms with Crippen LogP contribution in [-0.2, 0) is 0 Å². The SMILES string of the molecule is c1ccc(-c2ccc(-c3c4cccc(-c5cccc6sc7ccc8ccccc8c7c56)c4cc4c(-c5cccc6sc7ccc8ccccc8c7c56)cccc34)cc2)cc1. The molecule has 0 N–H and O–H groups in total. The van der Waals surface area contributed by atoms with E-state index in [4.69, 9.17) is 0 Å². The second-order valence-electron chi connectivity index (χ2n) is 15.9. The van der Waals surface area contributed by atoms with Gasteiger partial charge in [-0.15, -0.1) is 22.7 Å². The van der Waals surface area contributed by atoms with Gasteiger partial charge in [-0.05, 0) is 118 Å². The smallest absolute Gasteiger partial charge is 0.0362 e. The van der Waals surface area contributed by atoms with Crippen molar-refractivity contribution in [1.82, 2.24) is 0 Å². The van der Waals surface area contributed by atoms with Crippen LogP contribution in [-0.4, -0.2) is 0 Å². The van der Waals surface area contributed by atoms with E-state index in [1.165, 1.54) is 128 Å². The number of hydrogen-bond donors (Lipinski definition) is 0. The summed E-state index contributed by atoms with van der Waals surface area (Å²) in [7, 11) is 0. The van der Waals surface area contributed by atoms with E-state index in [-0.39, 0.29) is 0 Å². The Balaban J connectivity index is 1.15. The molecular formula is C58H34S2. The van der Waals surface area contributed by atoms with Crippen molar-refractivity contribution in [2.45, 2.75) is 0 Å². The van der Waals surface area contributed by atoms with Gasteiger partial charge in [-0.1, -0.05) is 176 Å². The van der Waals surface area contributed by atoms with E-state index >= 15 is 0 Å². The highest BCUT2D eigenvalue weighted by molar-refractivity contribution is 7.26. The van der Waals surface area contributed by atoms with Gasteiger partial charge in [0.15, 0.2) is 0 Å². The minimum Gasteiger partial charge on any atom is -0.135 e. The molecule has 0 fully saturated rings. The number of fused-ring (bicyclic) bond motifs is 12. The van der Waals surface area contributed by atoms with Crippen LogP contribution in [0.5, 0.6) is 0 Å². The fraction of sp³-hybridized carbons (Fsp3) is 0. The number of benzene rings is 11. The Morgan fingerprint density at radius 1 is 0.233 bits per heavy atom. The van der Waals surface area contributed by atoms with Gasteiger partial charge in [0.05, 0.1) is 0 Å². The van der Waals surface area contributed by atoms with E-state index < -0.39 is 0 Å². The van der Waals surface area contributed by atoms with Crippen LogP contribution in [0, 0.1) is 0 Å². The van der Waals surface area contributed by atoms with Crippen molar-refractivity contribution in [3.8, 4) is 44.5 Å². The summed E-state index contributed by atoms with van der Waals surface area (Å²) in [6.07, 6.45) is 0. The molecule has 0 spiro atoms. The fourth-order valence-electron chi connectivity index (χ4n) is 10.0. The van der Waals surface area contributed by atoms with Crippen molar-refractivity contribution in [1.29, 1.82) is 0 Å². The van der Waals surface area contributed by atoms with E-state index in [0.717, 1.165) is 0 Å². The summed E-state index contributed by atoms with van der Waals surface area (Å²) in [5.41, 5.74) is 10.0. The third-order valence-electron chi connectivity index (χ3n) is 12.7. The monoisotopic (exact) mass is 794 g/mol. The van der Waals surface area contributed by atoms with E-state index in [0.29, 0.717) is 0 Å². The minimum atomic E-state index is 1.22. The predicted octanol–water partition coefficient (Wildman–Crippen LogP) is 17.7. The molecule has 0 bridgehead atoms. The number of thiophene rings is 2. The molecule has 0 atom stereocenters. The van der Waals surface area contributed by atoms with E-state index in [9.17, 15) is 0 Å². The van der Waals surface area contributed by atoms with Crippen molar-refractivity contribution in [3.63, 3.8) is 0 Å². The van der Waals surface area contributed by atoms with Gasteiger partial charge in [0.25, 0.3) is 0 Å². The van der Waals surface area contributed by atoms with Crippen LogP contribution in [0.3, 0.4) is 0 Å². The zero-order chi connectivity index (χ0) is 39.3. The van der Waals surface area contributed by atoms with Crippen molar-refractivity contribution < 1.29 is 0 Å². The molecule has 0 aliphatic heterocycles. The third kappa shape index (κ3) is 5.02. The lowest BCUT2D eigenvalue weighted by molar-refractivity contribution is 1.61. The molecule has 2 heterocycles. The van der Waals surface area contributed by atoms with Crippen LogP contribution in [0.4, 0.5) is 0 Å². The van der Waals surface area contributed by atoms with Crippen LogP contribution in [0.2, 0.25) is 0 Å². The molecule has 2 aromatic heterocycles. The second kappa shape index (κ2) is 13.2. The zero-order valence-corrected chi connectivity index (χ0v) is 34.1.